The van der Waals surface area contributed by atoms with Crippen LogP contribution in [-0.4, -0.2) is 71.9 Å². The van der Waals surface area contributed by atoms with E-state index in [2.05, 4.69) is 30.2 Å². The summed E-state index contributed by atoms with van der Waals surface area (Å²) < 4.78 is 0. The quantitative estimate of drug-likeness (QED) is 0.805. The molecule has 8 heteroatoms. The summed E-state index contributed by atoms with van der Waals surface area (Å²) in [6, 6.07) is 1.82. The molecular formula is C16H24N6O2. The van der Waals surface area contributed by atoms with E-state index in [4.69, 9.17) is 4.84 Å². The highest BCUT2D eigenvalue weighted by atomic mass is 16.6. The molecule has 0 spiro atoms. The van der Waals surface area contributed by atoms with Gasteiger partial charge in [-0.05, 0) is 12.5 Å². The molecule has 1 aromatic heterocycles. The number of rotatable bonds is 6. The number of aromatic nitrogens is 2. The predicted molar refractivity (Wildman–Crippen MR) is 90.9 cm³/mol. The Kier molecular flexibility index (Phi) is 5.58. The van der Waals surface area contributed by atoms with Gasteiger partial charge in [0.1, 0.15) is 0 Å². The normalized spacial score (nSPS) is 21.3. The van der Waals surface area contributed by atoms with Crippen LogP contribution in [0.15, 0.2) is 23.6 Å². The molecule has 3 rings (SSSR count). The SMILES string of the molecule is CCC1=NO[C@@H](C(=O)NCCN2CCN(c3ncccn3)CC2)C1. The summed E-state index contributed by atoms with van der Waals surface area (Å²) in [6.45, 7) is 7.16. The van der Waals surface area contributed by atoms with Crippen molar-refractivity contribution < 1.29 is 9.63 Å². The Balaban J connectivity index is 1.33. The molecule has 0 radical (unpaired) electrons. The lowest BCUT2D eigenvalue weighted by Crippen LogP contribution is -2.49. The van der Waals surface area contributed by atoms with Crippen molar-refractivity contribution >= 4 is 17.6 Å². The van der Waals surface area contributed by atoms with Crippen molar-refractivity contribution in [1.82, 2.24) is 20.2 Å². The summed E-state index contributed by atoms with van der Waals surface area (Å²) >= 11 is 0. The first-order valence-electron chi connectivity index (χ1n) is 8.50. The van der Waals surface area contributed by atoms with Gasteiger partial charge in [0.05, 0.1) is 5.71 Å². The second kappa shape index (κ2) is 8.05. The Hall–Kier alpha value is -2.22. The van der Waals surface area contributed by atoms with Gasteiger partial charge in [-0.1, -0.05) is 12.1 Å². The third-order valence-electron chi connectivity index (χ3n) is 4.37. The van der Waals surface area contributed by atoms with Crippen LogP contribution in [0, 0.1) is 0 Å². The van der Waals surface area contributed by atoms with Crippen LogP contribution < -0.4 is 10.2 Å². The molecule has 130 valence electrons. The maximum absolute atomic E-state index is 12.0. The molecule has 8 nitrogen and oxygen atoms in total. The molecule has 1 N–H and O–H groups in total. The lowest BCUT2D eigenvalue weighted by atomic mass is 10.1. The van der Waals surface area contributed by atoms with Gasteiger partial charge in [0.2, 0.25) is 12.1 Å². The van der Waals surface area contributed by atoms with Crippen molar-refractivity contribution in [2.24, 2.45) is 5.16 Å². The summed E-state index contributed by atoms with van der Waals surface area (Å²) in [5.41, 5.74) is 0.953. The molecule has 0 aromatic carbocycles. The molecule has 3 heterocycles. The number of hydrogen-bond acceptors (Lipinski definition) is 7. The van der Waals surface area contributed by atoms with Crippen molar-refractivity contribution in [3.63, 3.8) is 0 Å². The van der Waals surface area contributed by atoms with E-state index in [0.29, 0.717) is 13.0 Å². The van der Waals surface area contributed by atoms with E-state index in [1.54, 1.807) is 12.4 Å². The molecule has 2 aliphatic rings. The fraction of sp³-hybridized carbons (Fsp3) is 0.625. The van der Waals surface area contributed by atoms with Crippen LogP contribution in [0.25, 0.3) is 0 Å². The maximum Gasteiger partial charge on any atom is 0.264 e. The number of carbonyl (C=O) groups excluding carboxylic acids is 1. The van der Waals surface area contributed by atoms with Crippen LogP contribution in [-0.2, 0) is 9.63 Å². The monoisotopic (exact) mass is 332 g/mol. The predicted octanol–water partition coefficient (Wildman–Crippen LogP) is 0.270. The van der Waals surface area contributed by atoms with Crippen LogP contribution in [0.3, 0.4) is 0 Å². The minimum Gasteiger partial charge on any atom is -0.382 e. The minimum atomic E-state index is -0.452. The number of anilines is 1. The summed E-state index contributed by atoms with van der Waals surface area (Å²) in [7, 11) is 0. The largest absolute Gasteiger partial charge is 0.382 e. The molecule has 1 aromatic rings. The van der Waals surface area contributed by atoms with Gasteiger partial charge < -0.3 is 15.1 Å². The molecule has 24 heavy (non-hydrogen) atoms. The van der Waals surface area contributed by atoms with Gasteiger partial charge in [-0.25, -0.2) is 9.97 Å². The van der Waals surface area contributed by atoms with E-state index in [-0.39, 0.29) is 5.91 Å². The van der Waals surface area contributed by atoms with E-state index in [1.165, 1.54) is 0 Å². The van der Waals surface area contributed by atoms with Gasteiger partial charge in [0.15, 0.2) is 0 Å². The van der Waals surface area contributed by atoms with Crippen LogP contribution in [0.1, 0.15) is 19.8 Å². The lowest BCUT2D eigenvalue weighted by Gasteiger charge is -2.34. The van der Waals surface area contributed by atoms with Crippen LogP contribution in [0.2, 0.25) is 0 Å². The van der Waals surface area contributed by atoms with Crippen molar-refractivity contribution in [1.29, 1.82) is 0 Å². The smallest absolute Gasteiger partial charge is 0.264 e. The molecule has 1 atom stereocenters. The first-order valence-corrected chi connectivity index (χ1v) is 8.50. The topological polar surface area (TPSA) is 83.0 Å². The Morgan fingerprint density at radius 2 is 2.04 bits per heavy atom. The first-order chi connectivity index (χ1) is 11.8. The van der Waals surface area contributed by atoms with Crippen LogP contribution in [0.5, 0.6) is 0 Å². The molecular weight excluding hydrogens is 308 g/mol. The first kappa shape index (κ1) is 16.6. The highest BCUT2D eigenvalue weighted by Gasteiger charge is 2.27. The van der Waals surface area contributed by atoms with Crippen LogP contribution >= 0.6 is 0 Å². The highest BCUT2D eigenvalue weighted by Crippen LogP contribution is 2.12. The van der Waals surface area contributed by atoms with Gasteiger partial charge in [0.25, 0.3) is 5.91 Å². The fourth-order valence-corrected chi connectivity index (χ4v) is 2.85. The second-order valence-corrected chi connectivity index (χ2v) is 5.98. The summed E-state index contributed by atoms with van der Waals surface area (Å²) in [5.74, 6) is 0.717. The molecule has 0 saturated carbocycles. The van der Waals surface area contributed by atoms with E-state index in [1.807, 2.05) is 13.0 Å². The zero-order valence-corrected chi connectivity index (χ0v) is 14.0. The van der Waals surface area contributed by atoms with E-state index in [9.17, 15) is 4.79 Å². The van der Waals surface area contributed by atoms with E-state index < -0.39 is 6.10 Å². The Bertz CT molecular complexity index is 571. The summed E-state index contributed by atoms with van der Waals surface area (Å²) in [4.78, 5) is 30.3. The number of carbonyl (C=O) groups is 1. The molecule has 1 amide bonds. The van der Waals surface area contributed by atoms with Gasteiger partial charge in [-0.15, -0.1) is 0 Å². The van der Waals surface area contributed by atoms with E-state index >= 15 is 0 Å². The van der Waals surface area contributed by atoms with Gasteiger partial charge in [-0.3, -0.25) is 9.69 Å². The molecule has 0 unspecified atom stereocenters. The number of piperazine rings is 1. The van der Waals surface area contributed by atoms with Crippen molar-refractivity contribution in [3.05, 3.63) is 18.5 Å². The zero-order valence-electron chi connectivity index (χ0n) is 14.0. The van der Waals surface area contributed by atoms with Crippen molar-refractivity contribution in [3.8, 4) is 0 Å². The van der Waals surface area contributed by atoms with Crippen molar-refractivity contribution in [2.75, 3.05) is 44.2 Å². The third-order valence-corrected chi connectivity index (χ3v) is 4.37. The fourth-order valence-electron chi connectivity index (χ4n) is 2.85. The lowest BCUT2D eigenvalue weighted by molar-refractivity contribution is -0.131. The summed E-state index contributed by atoms with van der Waals surface area (Å²) in [5, 5.41) is 6.86. The molecule has 0 aliphatic carbocycles. The average Bonchev–Trinajstić information content (AvgIpc) is 3.12. The number of nitrogens with zero attached hydrogens (tertiary/aromatic N) is 5. The number of oxime groups is 1. The van der Waals surface area contributed by atoms with Crippen LogP contribution in [0.4, 0.5) is 5.95 Å². The molecule has 0 bridgehead atoms. The summed E-state index contributed by atoms with van der Waals surface area (Å²) in [6.07, 6.45) is 4.52. The highest BCUT2D eigenvalue weighted by molar-refractivity contribution is 5.92. The average molecular weight is 332 g/mol. The number of amides is 1. The second-order valence-electron chi connectivity index (χ2n) is 5.98. The van der Waals surface area contributed by atoms with Gasteiger partial charge in [-0.2, -0.15) is 0 Å². The number of nitrogens with one attached hydrogen (secondary N) is 1. The Morgan fingerprint density at radius 1 is 1.29 bits per heavy atom. The third kappa shape index (κ3) is 4.19. The molecule has 1 saturated heterocycles. The Morgan fingerprint density at radius 3 is 2.71 bits per heavy atom. The maximum atomic E-state index is 12.0. The molecule has 2 aliphatic heterocycles. The minimum absolute atomic E-state index is 0.0708. The Labute approximate surface area is 141 Å². The van der Waals surface area contributed by atoms with Crippen molar-refractivity contribution in [2.45, 2.75) is 25.9 Å². The van der Waals surface area contributed by atoms with Gasteiger partial charge >= 0.3 is 0 Å². The van der Waals surface area contributed by atoms with Gasteiger partial charge in [0, 0.05) is 58.1 Å². The number of hydrogen-bond donors (Lipinski definition) is 1. The standard InChI is InChI=1S/C16H24N6O2/c1-2-13-12-14(24-20-13)15(23)17-6-7-21-8-10-22(11-9-21)16-18-4-3-5-19-16/h3-5,14H,2,6-12H2,1H3,(H,17,23)/t14-/m1/s1. The molecule has 1 fully saturated rings. The van der Waals surface area contributed by atoms with E-state index in [0.717, 1.165) is 50.8 Å². The zero-order chi connectivity index (χ0) is 16.8.